The highest BCUT2D eigenvalue weighted by Gasteiger charge is 2.28. The first-order valence-electron chi connectivity index (χ1n) is 24.2. The maximum Gasteiger partial charge on any atom is 0.131 e. The summed E-state index contributed by atoms with van der Waals surface area (Å²) >= 11 is 0. The van der Waals surface area contributed by atoms with Gasteiger partial charge in [-0.25, -0.2) is 0 Å². The average molecular weight is 853 g/mol. The standard InChI is InChI=1S/C59H64O4.CH4/c1-36-22-24-54(48(28-36)50-30-38(3)32-52(58(50)60)56-44-18-9-5-14-40(44)34-41-15-6-10-19-45(41)56)62-26-13-27-63-55-25-23-37(2)29-49(55)51-31-39(4)33-53(59(51)61)57-46-20-11-7-16-42(46)35-43-17-8-12-21-47(43)57;/h22-25,28-35,60-61H,5-21,26-27H2,1-4H3;1H4. The van der Waals surface area contributed by atoms with Crippen molar-refractivity contribution in [2.24, 2.45) is 0 Å². The zero-order valence-corrected chi connectivity index (χ0v) is 38.1. The minimum Gasteiger partial charge on any atom is -0.507 e. The monoisotopic (exact) mass is 853 g/mol. The Labute approximate surface area is 382 Å². The van der Waals surface area contributed by atoms with Gasteiger partial charge in [-0.1, -0.05) is 42.8 Å². The van der Waals surface area contributed by atoms with E-state index in [2.05, 4.69) is 100 Å². The van der Waals surface area contributed by atoms with Crippen molar-refractivity contribution in [2.45, 2.75) is 144 Å². The maximum atomic E-state index is 12.3. The molecule has 10 rings (SSSR count). The van der Waals surface area contributed by atoms with Crippen LogP contribution in [0.5, 0.6) is 23.0 Å². The molecular weight excluding hydrogens is 785 g/mol. The fourth-order valence-electron chi connectivity index (χ4n) is 11.7. The van der Waals surface area contributed by atoms with Gasteiger partial charge in [-0.15, -0.1) is 0 Å². The quantitative estimate of drug-likeness (QED) is 0.135. The van der Waals surface area contributed by atoms with E-state index < -0.39 is 0 Å². The lowest BCUT2D eigenvalue weighted by atomic mass is 9.76. The fraction of sp³-hybridized carbons (Fsp3) is 0.400. The first-order valence-corrected chi connectivity index (χ1v) is 24.2. The number of hydrogen-bond acceptors (Lipinski definition) is 4. The van der Waals surface area contributed by atoms with Crippen LogP contribution in [0.4, 0.5) is 0 Å². The highest BCUT2D eigenvalue weighted by atomic mass is 16.5. The molecule has 0 unspecified atom stereocenters. The van der Waals surface area contributed by atoms with Crippen LogP contribution in [-0.4, -0.2) is 23.4 Å². The molecule has 4 aliphatic rings. The van der Waals surface area contributed by atoms with E-state index in [0.29, 0.717) is 31.1 Å². The lowest BCUT2D eigenvalue weighted by Gasteiger charge is -2.29. The summed E-state index contributed by atoms with van der Waals surface area (Å²) in [5.41, 5.74) is 24.4. The molecule has 0 atom stereocenters. The van der Waals surface area contributed by atoms with Gasteiger partial charge in [0.05, 0.1) is 13.2 Å². The van der Waals surface area contributed by atoms with E-state index in [1.807, 2.05) is 0 Å². The van der Waals surface area contributed by atoms with Gasteiger partial charge in [0.25, 0.3) is 0 Å². The molecule has 6 aromatic carbocycles. The Kier molecular flexibility index (Phi) is 12.7. The first kappa shape index (κ1) is 43.8. The van der Waals surface area contributed by atoms with Crippen LogP contribution in [0, 0.1) is 27.7 Å². The molecule has 0 fully saturated rings. The molecule has 0 saturated heterocycles. The molecule has 4 heteroatoms. The van der Waals surface area contributed by atoms with Gasteiger partial charge in [0, 0.05) is 39.8 Å². The third-order valence-corrected chi connectivity index (χ3v) is 14.6. The van der Waals surface area contributed by atoms with E-state index in [4.69, 9.17) is 9.47 Å². The van der Waals surface area contributed by atoms with Crippen molar-refractivity contribution < 1.29 is 19.7 Å². The zero-order chi connectivity index (χ0) is 43.2. The van der Waals surface area contributed by atoms with Crippen molar-refractivity contribution in [1.29, 1.82) is 0 Å². The number of fused-ring (bicyclic) bond motifs is 4. The predicted molar refractivity (Wildman–Crippen MR) is 266 cm³/mol. The van der Waals surface area contributed by atoms with Crippen LogP contribution in [0.2, 0.25) is 0 Å². The van der Waals surface area contributed by atoms with Gasteiger partial charge >= 0.3 is 0 Å². The number of benzene rings is 6. The lowest BCUT2D eigenvalue weighted by molar-refractivity contribution is 0.248. The molecule has 6 aromatic rings. The Hall–Kier alpha value is -5.48. The predicted octanol–water partition coefficient (Wildman–Crippen LogP) is 15.0. The largest absolute Gasteiger partial charge is 0.507 e. The summed E-state index contributed by atoms with van der Waals surface area (Å²) in [6.07, 6.45) is 19.3. The van der Waals surface area contributed by atoms with Crippen molar-refractivity contribution >= 4 is 0 Å². The van der Waals surface area contributed by atoms with Gasteiger partial charge < -0.3 is 19.7 Å². The molecule has 64 heavy (non-hydrogen) atoms. The SMILES string of the molecule is C.Cc1ccc(OCCCOc2ccc(C)cc2-c2cc(C)cc(-c3c4c(cc5c3CCCC5)CCCC4)c2O)c(-c2cc(C)cc(-c3c4c(cc5c3CCCC5)CCCC4)c2O)c1. The topological polar surface area (TPSA) is 58.9 Å². The number of phenols is 2. The number of aryl methyl sites for hydroxylation is 8. The van der Waals surface area contributed by atoms with Crippen LogP contribution in [-0.2, 0) is 51.4 Å². The molecule has 4 aliphatic carbocycles. The van der Waals surface area contributed by atoms with Crippen LogP contribution >= 0.6 is 0 Å². The second-order valence-corrected chi connectivity index (χ2v) is 19.3. The maximum absolute atomic E-state index is 12.3. The molecule has 0 aromatic heterocycles. The van der Waals surface area contributed by atoms with Crippen molar-refractivity contribution in [3.05, 3.63) is 140 Å². The Bertz CT molecular complexity index is 2480. The normalized spacial score (nSPS) is 15.3. The Morgan fingerprint density at radius 2 is 0.688 bits per heavy atom. The van der Waals surface area contributed by atoms with Gasteiger partial charge in [0.2, 0.25) is 0 Å². The summed E-state index contributed by atoms with van der Waals surface area (Å²) in [7, 11) is 0. The highest BCUT2D eigenvalue weighted by molar-refractivity contribution is 5.90. The van der Waals surface area contributed by atoms with Crippen LogP contribution in [0.1, 0.15) is 132 Å². The summed E-state index contributed by atoms with van der Waals surface area (Å²) in [5.74, 6) is 2.24. The van der Waals surface area contributed by atoms with Crippen molar-refractivity contribution in [1.82, 2.24) is 0 Å². The number of rotatable bonds is 10. The van der Waals surface area contributed by atoms with Crippen molar-refractivity contribution in [3.63, 3.8) is 0 Å². The molecule has 0 bridgehead atoms. The molecule has 0 radical (unpaired) electrons. The Morgan fingerprint density at radius 3 is 1.05 bits per heavy atom. The van der Waals surface area contributed by atoms with Crippen molar-refractivity contribution in [3.8, 4) is 67.5 Å². The zero-order valence-electron chi connectivity index (χ0n) is 38.1. The van der Waals surface area contributed by atoms with Crippen LogP contribution in [0.15, 0.2) is 72.8 Å². The number of ether oxygens (including phenoxy) is 2. The summed E-state index contributed by atoms with van der Waals surface area (Å²) in [6.45, 7) is 9.43. The van der Waals surface area contributed by atoms with E-state index in [1.165, 1.54) is 107 Å². The van der Waals surface area contributed by atoms with Crippen molar-refractivity contribution in [2.75, 3.05) is 13.2 Å². The Morgan fingerprint density at radius 1 is 0.375 bits per heavy atom. The average Bonchev–Trinajstić information content (AvgIpc) is 3.29. The van der Waals surface area contributed by atoms with E-state index in [0.717, 1.165) is 119 Å². The summed E-state index contributed by atoms with van der Waals surface area (Å²) in [6, 6.07) is 26.3. The highest BCUT2D eigenvalue weighted by Crippen LogP contribution is 2.50. The van der Waals surface area contributed by atoms with E-state index >= 15 is 0 Å². The second kappa shape index (κ2) is 18.6. The summed E-state index contributed by atoms with van der Waals surface area (Å²) < 4.78 is 13.2. The Balaban J connectivity index is 0.00000518. The number of hydrogen-bond donors (Lipinski definition) is 2. The van der Waals surface area contributed by atoms with Gasteiger partial charge in [-0.2, -0.15) is 0 Å². The van der Waals surface area contributed by atoms with Gasteiger partial charge in [0.1, 0.15) is 23.0 Å². The molecule has 0 heterocycles. The molecule has 4 nitrogen and oxygen atoms in total. The molecule has 0 amide bonds. The van der Waals surface area contributed by atoms with Crippen LogP contribution in [0.25, 0.3) is 44.5 Å². The van der Waals surface area contributed by atoms with E-state index in [9.17, 15) is 10.2 Å². The molecule has 0 saturated carbocycles. The summed E-state index contributed by atoms with van der Waals surface area (Å²) in [5, 5.41) is 24.7. The lowest BCUT2D eigenvalue weighted by Crippen LogP contribution is -2.13. The molecular formula is C60H68O4. The fourth-order valence-corrected chi connectivity index (χ4v) is 11.7. The van der Waals surface area contributed by atoms with Gasteiger partial charge in [0.15, 0.2) is 0 Å². The van der Waals surface area contributed by atoms with E-state index in [1.54, 1.807) is 0 Å². The molecule has 2 N–H and O–H groups in total. The van der Waals surface area contributed by atoms with Crippen LogP contribution < -0.4 is 9.47 Å². The third-order valence-electron chi connectivity index (χ3n) is 14.6. The molecule has 332 valence electrons. The number of phenolic OH excluding ortho intramolecular Hbond substituents is 2. The van der Waals surface area contributed by atoms with Gasteiger partial charge in [-0.3, -0.25) is 0 Å². The number of aromatic hydroxyl groups is 2. The second-order valence-electron chi connectivity index (χ2n) is 19.3. The van der Waals surface area contributed by atoms with E-state index in [-0.39, 0.29) is 7.43 Å². The summed E-state index contributed by atoms with van der Waals surface area (Å²) in [4.78, 5) is 0. The van der Waals surface area contributed by atoms with Crippen LogP contribution in [0.3, 0.4) is 0 Å². The molecule has 0 spiro atoms. The minimum atomic E-state index is 0. The third kappa shape index (κ3) is 8.34. The molecule has 0 aliphatic heterocycles. The van der Waals surface area contributed by atoms with Gasteiger partial charge in [-0.05, 0) is 246 Å². The first-order chi connectivity index (χ1) is 30.7. The smallest absolute Gasteiger partial charge is 0.131 e. The minimum absolute atomic E-state index is 0.